The number of halogens is 1. The summed E-state index contributed by atoms with van der Waals surface area (Å²) in [6.45, 7) is 4.54. The number of anilines is 1. The third kappa shape index (κ3) is 3.31. The first kappa shape index (κ1) is 19.3. The molecule has 1 saturated carbocycles. The van der Waals surface area contributed by atoms with E-state index in [2.05, 4.69) is 4.90 Å². The van der Waals surface area contributed by atoms with Crippen molar-refractivity contribution >= 4 is 22.6 Å². The van der Waals surface area contributed by atoms with E-state index < -0.39 is 17.2 Å². The number of hydrogen-bond acceptors (Lipinski definition) is 6. The fraction of sp³-hybridized carbons (Fsp3) is 0.524. The largest absolute Gasteiger partial charge is 0.492 e. The zero-order valence-corrected chi connectivity index (χ0v) is 16.8. The van der Waals surface area contributed by atoms with Crippen LogP contribution in [-0.2, 0) is 4.74 Å². The average Bonchev–Trinajstić information content (AvgIpc) is 3.63. The van der Waals surface area contributed by atoms with Gasteiger partial charge < -0.3 is 24.0 Å². The number of benzene rings is 1. The fourth-order valence-corrected chi connectivity index (χ4v) is 4.34. The number of epoxide rings is 1. The number of carbonyl (C=O) groups is 1. The predicted octanol–water partition coefficient (Wildman–Crippen LogP) is 1.70. The highest BCUT2D eigenvalue weighted by Crippen LogP contribution is 2.43. The zero-order valence-electron chi connectivity index (χ0n) is 16.8. The number of carboxylic acid groups (broad SMARTS) is 1. The summed E-state index contributed by atoms with van der Waals surface area (Å²) in [6.07, 6.45) is 3.46. The Balaban J connectivity index is 1.60. The molecule has 0 radical (unpaired) electrons. The lowest BCUT2D eigenvalue weighted by molar-refractivity contribution is 0.0695. The highest BCUT2D eigenvalue weighted by Gasteiger charge is 2.33. The molecule has 160 valence electrons. The van der Waals surface area contributed by atoms with Crippen LogP contribution in [0.1, 0.15) is 29.2 Å². The number of nitrogens with zero attached hydrogens (tertiary/aromatic N) is 3. The van der Waals surface area contributed by atoms with Crippen LogP contribution in [0.5, 0.6) is 5.75 Å². The second kappa shape index (κ2) is 7.24. The molecular formula is C21H24FN3O5. The first-order chi connectivity index (χ1) is 14.5. The highest BCUT2D eigenvalue weighted by molar-refractivity contribution is 5.97. The minimum atomic E-state index is -1.31. The molecule has 8 nitrogen and oxygen atoms in total. The van der Waals surface area contributed by atoms with Crippen molar-refractivity contribution in [2.24, 2.45) is 0 Å². The topological polar surface area (TPSA) is 87.5 Å². The number of rotatable bonds is 6. The smallest absolute Gasteiger partial charge is 0.341 e. The van der Waals surface area contributed by atoms with E-state index in [1.807, 2.05) is 4.90 Å². The number of ether oxygens (including phenoxy) is 2. The van der Waals surface area contributed by atoms with Crippen molar-refractivity contribution in [1.82, 2.24) is 9.47 Å². The van der Waals surface area contributed by atoms with Crippen molar-refractivity contribution in [3.05, 3.63) is 33.9 Å². The molecular weight excluding hydrogens is 393 g/mol. The maximum absolute atomic E-state index is 15.3. The molecule has 2 aromatic rings. The molecule has 0 bridgehead atoms. The standard InChI is InChI=1S/C21H24FN3O5/c1-29-20-17-14(19(26)15(21(27)28)10-25(17)12-2-3-12)8-16(22)18(20)24-6-4-23(5-7-24)9-13-11-30-13/h8,10,12-13H,2-7,9,11H2,1H3,(H,27,28). The molecule has 30 heavy (non-hydrogen) atoms. The quantitative estimate of drug-likeness (QED) is 0.716. The van der Waals surface area contributed by atoms with Crippen LogP contribution in [0.3, 0.4) is 0 Å². The predicted molar refractivity (Wildman–Crippen MR) is 108 cm³/mol. The van der Waals surface area contributed by atoms with Gasteiger partial charge in [0.05, 0.1) is 30.7 Å². The Morgan fingerprint density at radius 2 is 2.00 bits per heavy atom. The normalized spacial score (nSPS) is 21.8. The van der Waals surface area contributed by atoms with Crippen molar-refractivity contribution in [1.29, 1.82) is 0 Å². The van der Waals surface area contributed by atoms with E-state index in [-0.39, 0.29) is 17.0 Å². The molecule has 2 aliphatic heterocycles. The molecule has 5 rings (SSSR count). The molecule has 1 unspecified atom stereocenters. The zero-order chi connectivity index (χ0) is 21.0. The maximum Gasteiger partial charge on any atom is 0.341 e. The van der Waals surface area contributed by atoms with Crippen LogP contribution in [0.4, 0.5) is 10.1 Å². The summed E-state index contributed by atoms with van der Waals surface area (Å²) in [5.41, 5.74) is -0.226. The third-order valence-corrected chi connectivity index (χ3v) is 6.13. The lowest BCUT2D eigenvalue weighted by Crippen LogP contribution is -2.48. The average molecular weight is 417 g/mol. The fourth-order valence-electron chi connectivity index (χ4n) is 4.34. The van der Waals surface area contributed by atoms with E-state index in [1.165, 1.54) is 19.4 Å². The van der Waals surface area contributed by atoms with Gasteiger partial charge in [0.15, 0.2) is 11.6 Å². The molecule has 0 amide bonds. The minimum absolute atomic E-state index is 0.0458. The van der Waals surface area contributed by atoms with Gasteiger partial charge in [-0.05, 0) is 18.9 Å². The lowest BCUT2D eigenvalue weighted by Gasteiger charge is -2.36. The van der Waals surface area contributed by atoms with Crippen LogP contribution in [0.15, 0.2) is 17.1 Å². The molecule has 1 N–H and O–H groups in total. The monoisotopic (exact) mass is 417 g/mol. The first-order valence-corrected chi connectivity index (χ1v) is 10.3. The summed E-state index contributed by atoms with van der Waals surface area (Å²) in [6, 6.07) is 1.26. The number of hydrogen-bond donors (Lipinski definition) is 1. The molecule has 1 aromatic heterocycles. The van der Waals surface area contributed by atoms with Gasteiger partial charge in [-0.1, -0.05) is 0 Å². The molecule has 1 aromatic carbocycles. The van der Waals surface area contributed by atoms with E-state index in [1.54, 1.807) is 4.57 Å². The SMILES string of the molecule is COc1c(N2CCN(CC3CO3)CC2)c(F)cc2c(=O)c(C(=O)O)cn(C3CC3)c12. The molecule has 1 atom stereocenters. The van der Waals surface area contributed by atoms with Gasteiger partial charge in [-0.25, -0.2) is 9.18 Å². The Bertz CT molecular complexity index is 1070. The molecule has 3 aliphatic rings. The van der Waals surface area contributed by atoms with Crippen molar-refractivity contribution in [2.45, 2.75) is 25.0 Å². The summed E-state index contributed by atoms with van der Waals surface area (Å²) in [5.74, 6) is -1.58. The van der Waals surface area contributed by atoms with Gasteiger partial charge in [-0.15, -0.1) is 0 Å². The van der Waals surface area contributed by atoms with Crippen LogP contribution in [0.2, 0.25) is 0 Å². The number of aromatic carboxylic acids is 1. The van der Waals surface area contributed by atoms with Crippen molar-refractivity contribution < 1.29 is 23.8 Å². The Morgan fingerprint density at radius 3 is 2.57 bits per heavy atom. The van der Waals surface area contributed by atoms with E-state index in [4.69, 9.17) is 9.47 Å². The van der Waals surface area contributed by atoms with Gasteiger partial charge in [0.2, 0.25) is 5.43 Å². The third-order valence-electron chi connectivity index (χ3n) is 6.13. The van der Waals surface area contributed by atoms with Gasteiger partial charge in [0.1, 0.15) is 11.3 Å². The Morgan fingerprint density at radius 1 is 1.30 bits per heavy atom. The first-order valence-electron chi connectivity index (χ1n) is 10.3. The summed E-state index contributed by atoms with van der Waals surface area (Å²) in [5, 5.41) is 9.48. The molecule has 3 heterocycles. The van der Waals surface area contributed by atoms with Gasteiger partial charge in [-0.2, -0.15) is 0 Å². The summed E-state index contributed by atoms with van der Waals surface area (Å²) >= 11 is 0. The van der Waals surface area contributed by atoms with Crippen molar-refractivity contribution in [3.8, 4) is 5.75 Å². The second-order valence-electron chi connectivity index (χ2n) is 8.19. The Hall–Kier alpha value is -2.65. The molecule has 0 spiro atoms. The van der Waals surface area contributed by atoms with Gasteiger partial charge >= 0.3 is 5.97 Å². The lowest BCUT2D eigenvalue weighted by atomic mass is 10.1. The van der Waals surface area contributed by atoms with Crippen LogP contribution >= 0.6 is 0 Å². The van der Waals surface area contributed by atoms with Gasteiger partial charge in [-0.3, -0.25) is 9.69 Å². The summed E-state index contributed by atoms with van der Waals surface area (Å²) < 4.78 is 28.0. The molecule has 2 saturated heterocycles. The minimum Gasteiger partial charge on any atom is -0.492 e. The Kier molecular flexibility index (Phi) is 4.67. The highest BCUT2D eigenvalue weighted by atomic mass is 19.1. The van der Waals surface area contributed by atoms with Gasteiger partial charge in [0, 0.05) is 45.0 Å². The van der Waals surface area contributed by atoms with Crippen LogP contribution < -0.4 is 15.1 Å². The van der Waals surface area contributed by atoms with E-state index in [0.717, 1.165) is 39.1 Å². The van der Waals surface area contributed by atoms with Crippen molar-refractivity contribution in [2.75, 3.05) is 51.3 Å². The number of aromatic nitrogens is 1. The number of fused-ring (bicyclic) bond motifs is 1. The van der Waals surface area contributed by atoms with E-state index in [9.17, 15) is 14.7 Å². The Labute approximate surface area is 172 Å². The van der Waals surface area contributed by atoms with Crippen LogP contribution in [0.25, 0.3) is 10.9 Å². The van der Waals surface area contributed by atoms with Crippen molar-refractivity contribution in [3.63, 3.8) is 0 Å². The number of methoxy groups -OCH3 is 1. The van der Waals surface area contributed by atoms with E-state index in [0.29, 0.717) is 36.1 Å². The van der Waals surface area contributed by atoms with Crippen LogP contribution in [-0.4, -0.2) is 73.1 Å². The summed E-state index contributed by atoms with van der Waals surface area (Å²) in [7, 11) is 1.46. The number of carboxylic acids is 1. The second-order valence-corrected chi connectivity index (χ2v) is 8.19. The van der Waals surface area contributed by atoms with Crippen LogP contribution in [0, 0.1) is 5.82 Å². The number of piperazine rings is 1. The summed E-state index contributed by atoms with van der Waals surface area (Å²) in [4.78, 5) is 28.6. The molecule has 1 aliphatic carbocycles. The number of pyridine rings is 1. The van der Waals surface area contributed by atoms with E-state index >= 15 is 4.39 Å². The molecule has 3 fully saturated rings. The maximum atomic E-state index is 15.3. The molecule has 9 heteroatoms. The van der Waals surface area contributed by atoms with Gasteiger partial charge in [0.25, 0.3) is 0 Å².